The number of hydrogen-bond acceptors (Lipinski definition) is 3. The van der Waals surface area contributed by atoms with Crippen molar-refractivity contribution < 1.29 is 8.78 Å². The molecule has 1 atom stereocenters. The Labute approximate surface area is 153 Å². The molecule has 2 fully saturated rings. The molecule has 0 radical (unpaired) electrons. The molecule has 2 saturated heterocycles. The van der Waals surface area contributed by atoms with E-state index in [4.69, 9.17) is 0 Å². The molecular formula is C20H26F2N4. The van der Waals surface area contributed by atoms with Gasteiger partial charge in [-0.05, 0) is 55.5 Å². The molecule has 6 heteroatoms. The van der Waals surface area contributed by atoms with E-state index in [9.17, 15) is 8.78 Å². The maximum Gasteiger partial charge on any atom is 0.159 e. The predicted octanol–water partition coefficient (Wildman–Crippen LogP) is 3.19. The lowest BCUT2D eigenvalue weighted by Crippen LogP contribution is -2.44. The van der Waals surface area contributed by atoms with E-state index in [1.54, 1.807) is 6.07 Å². The van der Waals surface area contributed by atoms with Gasteiger partial charge in [-0.2, -0.15) is 0 Å². The minimum Gasteiger partial charge on any atom is -0.337 e. The van der Waals surface area contributed by atoms with E-state index >= 15 is 0 Å². The topological polar surface area (TPSA) is 24.3 Å². The van der Waals surface area contributed by atoms with Gasteiger partial charge in [0.25, 0.3) is 0 Å². The Hall–Kier alpha value is -1.79. The fourth-order valence-corrected chi connectivity index (χ4v) is 4.59. The van der Waals surface area contributed by atoms with Gasteiger partial charge in [0.05, 0.1) is 6.54 Å². The number of halogens is 2. The van der Waals surface area contributed by atoms with Gasteiger partial charge in [-0.3, -0.25) is 9.80 Å². The first-order chi connectivity index (χ1) is 12.5. The average molecular weight is 360 g/mol. The van der Waals surface area contributed by atoms with Crippen molar-refractivity contribution in [1.29, 1.82) is 0 Å². The molecule has 4 nitrogen and oxygen atoms in total. The largest absolute Gasteiger partial charge is 0.337 e. The zero-order valence-corrected chi connectivity index (χ0v) is 15.3. The fourth-order valence-electron chi connectivity index (χ4n) is 4.59. The molecule has 0 saturated carbocycles. The molecule has 2 aromatic rings. The third-order valence-electron chi connectivity index (χ3n) is 5.93. The molecular weight excluding hydrogens is 334 g/mol. The fraction of sp³-hybridized carbons (Fsp3) is 0.550. The zero-order chi connectivity index (χ0) is 18.1. The molecule has 0 N–H and O–H groups in total. The molecule has 26 heavy (non-hydrogen) atoms. The number of nitrogens with zero attached hydrogens (tertiary/aromatic N) is 4. The van der Waals surface area contributed by atoms with E-state index in [2.05, 4.69) is 19.4 Å². The van der Waals surface area contributed by atoms with Crippen LogP contribution < -0.4 is 0 Å². The van der Waals surface area contributed by atoms with Crippen molar-refractivity contribution in [2.75, 3.05) is 26.2 Å². The highest BCUT2D eigenvalue weighted by Crippen LogP contribution is 2.39. The normalized spacial score (nSPS) is 24.6. The highest BCUT2D eigenvalue weighted by atomic mass is 19.2. The second-order valence-electron chi connectivity index (χ2n) is 7.98. The van der Waals surface area contributed by atoms with Crippen LogP contribution in [0.1, 0.15) is 30.7 Å². The third kappa shape index (κ3) is 3.67. The van der Waals surface area contributed by atoms with Gasteiger partial charge in [-0.25, -0.2) is 13.8 Å². The van der Waals surface area contributed by atoms with Crippen LogP contribution in [0.25, 0.3) is 0 Å². The maximum atomic E-state index is 13.5. The summed E-state index contributed by atoms with van der Waals surface area (Å²) in [4.78, 5) is 9.35. The van der Waals surface area contributed by atoms with Gasteiger partial charge in [-0.1, -0.05) is 6.07 Å². The Morgan fingerprint density at radius 2 is 1.85 bits per heavy atom. The lowest BCUT2D eigenvalue weighted by Gasteiger charge is -2.40. The van der Waals surface area contributed by atoms with Crippen molar-refractivity contribution in [2.24, 2.45) is 12.5 Å². The molecule has 0 bridgehead atoms. The van der Waals surface area contributed by atoms with Crippen molar-refractivity contribution in [3.05, 3.63) is 53.6 Å². The summed E-state index contributed by atoms with van der Waals surface area (Å²) in [5.41, 5.74) is 1.17. The third-order valence-corrected chi connectivity index (χ3v) is 5.93. The van der Waals surface area contributed by atoms with E-state index in [0.29, 0.717) is 12.0 Å². The number of imidazole rings is 1. The maximum absolute atomic E-state index is 13.5. The minimum absolute atomic E-state index is 0.321. The zero-order valence-electron chi connectivity index (χ0n) is 15.3. The van der Waals surface area contributed by atoms with Crippen LogP contribution in [0.15, 0.2) is 30.6 Å². The number of aryl methyl sites for hydroxylation is 1. The molecule has 3 heterocycles. The molecule has 2 aliphatic rings. The summed E-state index contributed by atoms with van der Waals surface area (Å²) in [7, 11) is 2.04. The van der Waals surface area contributed by atoms with Gasteiger partial charge in [0, 0.05) is 39.1 Å². The molecule has 140 valence electrons. The summed E-state index contributed by atoms with van der Waals surface area (Å²) in [5, 5.41) is 0. The van der Waals surface area contributed by atoms with E-state index < -0.39 is 11.6 Å². The summed E-state index contributed by atoms with van der Waals surface area (Å²) in [5.74, 6) is -0.419. The Balaban J connectivity index is 1.38. The van der Waals surface area contributed by atoms with Gasteiger partial charge in [0.15, 0.2) is 11.6 Å². The van der Waals surface area contributed by atoms with Crippen LogP contribution in [-0.4, -0.2) is 45.5 Å². The van der Waals surface area contributed by atoms with Crippen LogP contribution in [0.3, 0.4) is 0 Å². The Bertz CT molecular complexity index is 775. The first kappa shape index (κ1) is 17.6. The van der Waals surface area contributed by atoms with E-state index in [0.717, 1.165) is 44.1 Å². The highest BCUT2D eigenvalue weighted by Gasteiger charge is 2.41. The molecule has 1 spiro atoms. The Kier molecular flexibility index (Phi) is 4.80. The SMILES string of the molecule is Cn1ccnc1CN1CC[C@]2(CCCN(Cc3ccc(F)c(F)c3)C2)C1. The van der Waals surface area contributed by atoms with Crippen molar-refractivity contribution >= 4 is 0 Å². The minimum atomic E-state index is -0.774. The summed E-state index contributed by atoms with van der Waals surface area (Å²) in [6.45, 7) is 5.84. The molecule has 2 aliphatic heterocycles. The van der Waals surface area contributed by atoms with Crippen molar-refractivity contribution in [1.82, 2.24) is 19.4 Å². The average Bonchev–Trinajstić information content (AvgIpc) is 3.18. The number of piperidine rings is 1. The number of rotatable bonds is 4. The van der Waals surface area contributed by atoms with Crippen molar-refractivity contribution in [3.63, 3.8) is 0 Å². The van der Waals surface area contributed by atoms with Gasteiger partial charge >= 0.3 is 0 Å². The van der Waals surface area contributed by atoms with Gasteiger partial charge in [0.2, 0.25) is 0 Å². The number of aromatic nitrogens is 2. The number of benzene rings is 1. The highest BCUT2D eigenvalue weighted by molar-refractivity contribution is 5.18. The monoisotopic (exact) mass is 360 g/mol. The van der Waals surface area contributed by atoms with Gasteiger partial charge < -0.3 is 4.57 Å². The lowest BCUT2D eigenvalue weighted by molar-refractivity contribution is 0.0861. The van der Waals surface area contributed by atoms with Crippen LogP contribution in [0.5, 0.6) is 0 Å². The van der Waals surface area contributed by atoms with Crippen LogP contribution >= 0.6 is 0 Å². The second-order valence-corrected chi connectivity index (χ2v) is 7.98. The Morgan fingerprint density at radius 3 is 2.58 bits per heavy atom. The molecule has 1 aromatic heterocycles. The first-order valence-corrected chi connectivity index (χ1v) is 9.38. The molecule has 0 aliphatic carbocycles. The summed E-state index contributed by atoms with van der Waals surface area (Å²) >= 11 is 0. The van der Waals surface area contributed by atoms with Crippen LogP contribution in [-0.2, 0) is 20.1 Å². The molecule has 4 rings (SSSR count). The van der Waals surface area contributed by atoms with E-state index in [1.807, 2.05) is 19.4 Å². The standard InChI is InChI=1S/C20H26F2N4/c1-24-10-7-23-19(24)13-26-9-6-20(15-26)5-2-8-25(14-20)12-16-3-4-17(21)18(22)11-16/h3-4,7,10-11H,2,5-6,8-9,12-15H2,1H3/t20-/m0/s1. The van der Waals surface area contributed by atoms with Crippen LogP contribution in [0.4, 0.5) is 8.78 Å². The van der Waals surface area contributed by atoms with Gasteiger partial charge in [-0.15, -0.1) is 0 Å². The molecule has 0 unspecified atom stereocenters. The van der Waals surface area contributed by atoms with Crippen molar-refractivity contribution in [2.45, 2.75) is 32.4 Å². The number of hydrogen-bond donors (Lipinski definition) is 0. The van der Waals surface area contributed by atoms with Crippen LogP contribution in [0.2, 0.25) is 0 Å². The Morgan fingerprint density at radius 1 is 1.04 bits per heavy atom. The number of likely N-dealkylation sites (tertiary alicyclic amines) is 2. The second kappa shape index (κ2) is 7.08. The lowest BCUT2D eigenvalue weighted by atomic mass is 9.79. The van der Waals surface area contributed by atoms with E-state index in [-0.39, 0.29) is 0 Å². The van der Waals surface area contributed by atoms with Crippen molar-refractivity contribution in [3.8, 4) is 0 Å². The summed E-state index contributed by atoms with van der Waals surface area (Å²) in [6, 6.07) is 4.26. The molecule has 1 aromatic carbocycles. The van der Waals surface area contributed by atoms with E-state index in [1.165, 1.54) is 31.4 Å². The predicted molar refractivity (Wildman–Crippen MR) is 96.4 cm³/mol. The first-order valence-electron chi connectivity index (χ1n) is 9.38. The summed E-state index contributed by atoms with van der Waals surface area (Å²) < 4.78 is 28.7. The smallest absolute Gasteiger partial charge is 0.159 e. The van der Waals surface area contributed by atoms with Crippen LogP contribution in [0, 0.1) is 17.0 Å². The quantitative estimate of drug-likeness (QED) is 0.837. The molecule has 0 amide bonds. The summed E-state index contributed by atoms with van der Waals surface area (Å²) in [6.07, 6.45) is 7.46. The van der Waals surface area contributed by atoms with Gasteiger partial charge in [0.1, 0.15) is 5.82 Å².